The second-order valence-electron chi connectivity index (χ2n) is 8.95. The van der Waals surface area contributed by atoms with Crippen molar-refractivity contribution in [3.05, 3.63) is 87.4 Å². The first-order valence-electron chi connectivity index (χ1n) is 11.9. The van der Waals surface area contributed by atoms with Gasteiger partial charge in [-0.25, -0.2) is 9.69 Å². The number of nitrogens with one attached hydrogen (secondary N) is 2. The van der Waals surface area contributed by atoms with Gasteiger partial charge in [0.2, 0.25) is 0 Å². The Bertz CT molecular complexity index is 1530. The van der Waals surface area contributed by atoms with Crippen molar-refractivity contribution in [1.82, 2.24) is 5.32 Å². The topological polar surface area (TPSA) is 114 Å². The summed E-state index contributed by atoms with van der Waals surface area (Å²) in [4.78, 5) is 51.7. The number of nitrogens with zero attached hydrogens (tertiary/aromatic N) is 1. The van der Waals surface area contributed by atoms with Crippen molar-refractivity contribution in [2.75, 3.05) is 23.9 Å². The van der Waals surface area contributed by atoms with Gasteiger partial charge in [-0.2, -0.15) is 0 Å². The van der Waals surface area contributed by atoms with Crippen LogP contribution in [0.1, 0.15) is 22.3 Å². The first-order valence-corrected chi connectivity index (χ1v) is 12.3. The van der Waals surface area contributed by atoms with Crippen LogP contribution >= 0.6 is 11.6 Å². The first-order chi connectivity index (χ1) is 18.6. The van der Waals surface area contributed by atoms with Crippen LogP contribution in [0.25, 0.3) is 6.08 Å². The minimum atomic E-state index is -0.868. The molecule has 9 nitrogen and oxygen atoms in total. The largest absolute Gasteiger partial charge is 0.493 e. The van der Waals surface area contributed by atoms with E-state index >= 15 is 0 Å². The number of amides is 5. The molecule has 1 aliphatic heterocycles. The molecule has 0 unspecified atom stereocenters. The Kier molecular flexibility index (Phi) is 8.01. The van der Waals surface area contributed by atoms with Crippen LogP contribution in [0.4, 0.5) is 16.2 Å². The standard InChI is InChI=1S/C29H26ClN3O6/c1-16-5-6-17(2)22(11-16)31-26(34)15-39-24-10-8-19(13-25(24)38-4)12-21-27(35)32-29(37)33(28(21)36)23-14-20(30)9-7-18(23)3/h5-14H,15H2,1-4H3,(H,31,34)(H,32,35,37)/b21-12+. The third-order valence-electron chi connectivity index (χ3n) is 6.04. The van der Waals surface area contributed by atoms with E-state index < -0.39 is 17.8 Å². The number of imide groups is 2. The normalized spacial score (nSPS) is 14.3. The molecular weight excluding hydrogens is 522 g/mol. The van der Waals surface area contributed by atoms with Gasteiger partial charge in [-0.15, -0.1) is 0 Å². The van der Waals surface area contributed by atoms with Gasteiger partial charge in [-0.3, -0.25) is 19.7 Å². The lowest BCUT2D eigenvalue weighted by molar-refractivity contribution is -0.122. The summed E-state index contributed by atoms with van der Waals surface area (Å²) in [5.41, 5.74) is 3.73. The Labute approximate surface area is 230 Å². The second-order valence-corrected chi connectivity index (χ2v) is 9.39. The molecule has 0 radical (unpaired) electrons. The zero-order valence-corrected chi connectivity index (χ0v) is 22.5. The summed E-state index contributed by atoms with van der Waals surface area (Å²) in [5, 5.41) is 5.35. The van der Waals surface area contributed by atoms with Crippen molar-refractivity contribution in [3.63, 3.8) is 0 Å². The van der Waals surface area contributed by atoms with E-state index in [9.17, 15) is 19.2 Å². The van der Waals surface area contributed by atoms with Gasteiger partial charge in [-0.1, -0.05) is 35.9 Å². The van der Waals surface area contributed by atoms with Gasteiger partial charge in [0.05, 0.1) is 12.8 Å². The van der Waals surface area contributed by atoms with Crippen LogP contribution in [-0.4, -0.2) is 37.5 Å². The molecular formula is C29H26ClN3O6. The maximum Gasteiger partial charge on any atom is 0.335 e. The Hall–Kier alpha value is -4.63. The van der Waals surface area contributed by atoms with Crippen molar-refractivity contribution in [3.8, 4) is 11.5 Å². The maximum absolute atomic E-state index is 13.2. The van der Waals surface area contributed by atoms with Crippen molar-refractivity contribution >= 4 is 52.8 Å². The molecule has 1 saturated heterocycles. The minimum absolute atomic E-state index is 0.252. The average molecular weight is 548 g/mol. The number of methoxy groups -OCH3 is 1. The predicted molar refractivity (Wildman–Crippen MR) is 148 cm³/mol. The molecule has 2 N–H and O–H groups in total. The molecule has 0 bridgehead atoms. The summed E-state index contributed by atoms with van der Waals surface area (Å²) < 4.78 is 11.1. The first kappa shape index (κ1) is 27.4. The molecule has 5 amide bonds. The molecule has 39 heavy (non-hydrogen) atoms. The summed E-state index contributed by atoms with van der Waals surface area (Å²) in [7, 11) is 1.43. The molecule has 0 spiro atoms. The molecule has 3 aromatic rings. The lowest BCUT2D eigenvalue weighted by atomic mass is 10.1. The summed E-state index contributed by atoms with van der Waals surface area (Å²) in [6.07, 6.45) is 1.34. The summed E-state index contributed by atoms with van der Waals surface area (Å²) in [5.74, 6) is -1.39. The lowest BCUT2D eigenvalue weighted by Crippen LogP contribution is -2.54. The van der Waals surface area contributed by atoms with Crippen molar-refractivity contribution < 1.29 is 28.7 Å². The third kappa shape index (κ3) is 6.10. The highest BCUT2D eigenvalue weighted by Crippen LogP contribution is 2.31. The summed E-state index contributed by atoms with van der Waals surface area (Å²) in [6.45, 7) is 5.29. The highest BCUT2D eigenvalue weighted by atomic mass is 35.5. The SMILES string of the molecule is COc1cc(/C=C2\C(=O)NC(=O)N(c3cc(Cl)ccc3C)C2=O)ccc1OCC(=O)Nc1cc(C)ccc1C. The van der Waals surface area contributed by atoms with Crippen LogP contribution < -0.4 is 25.0 Å². The molecule has 4 rings (SSSR count). The Morgan fingerprint density at radius 1 is 0.974 bits per heavy atom. The van der Waals surface area contributed by atoms with Gasteiger partial charge in [-0.05, 0) is 79.4 Å². The Balaban J connectivity index is 1.53. The van der Waals surface area contributed by atoms with E-state index in [1.165, 1.54) is 19.3 Å². The van der Waals surface area contributed by atoms with Gasteiger partial charge >= 0.3 is 6.03 Å². The number of anilines is 2. The number of aryl methyl sites for hydroxylation is 3. The molecule has 0 aromatic heterocycles. The lowest BCUT2D eigenvalue weighted by Gasteiger charge is -2.27. The summed E-state index contributed by atoms with van der Waals surface area (Å²) >= 11 is 6.07. The number of urea groups is 1. The predicted octanol–water partition coefficient (Wildman–Crippen LogP) is 4.96. The van der Waals surface area contributed by atoms with Gasteiger partial charge < -0.3 is 14.8 Å². The zero-order valence-electron chi connectivity index (χ0n) is 21.8. The quantitative estimate of drug-likeness (QED) is 0.319. The fourth-order valence-corrected chi connectivity index (χ4v) is 4.13. The van der Waals surface area contributed by atoms with Crippen LogP contribution in [-0.2, 0) is 14.4 Å². The molecule has 200 valence electrons. The second kappa shape index (κ2) is 11.4. The number of halogens is 1. The van der Waals surface area contributed by atoms with Crippen molar-refractivity contribution in [2.24, 2.45) is 0 Å². The molecule has 0 aliphatic carbocycles. The van der Waals surface area contributed by atoms with E-state index in [0.29, 0.717) is 27.6 Å². The number of hydrogen-bond donors (Lipinski definition) is 2. The van der Waals surface area contributed by atoms with Crippen LogP contribution in [0.3, 0.4) is 0 Å². The number of ether oxygens (including phenoxy) is 2. The van der Waals surface area contributed by atoms with E-state index in [0.717, 1.165) is 16.0 Å². The molecule has 3 aromatic carbocycles. The van der Waals surface area contributed by atoms with E-state index in [1.54, 1.807) is 37.3 Å². The number of hydrogen-bond acceptors (Lipinski definition) is 6. The van der Waals surface area contributed by atoms with Crippen LogP contribution in [0.5, 0.6) is 11.5 Å². The number of carbonyl (C=O) groups excluding carboxylic acids is 4. The Morgan fingerprint density at radius 2 is 1.72 bits per heavy atom. The molecule has 0 atom stereocenters. The molecule has 10 heteroatoms. The van der Waals surface area contributed by atoms with Crippen molar-refractivity contribution in [1.29, 1.82) is 0 Å². The summed E-state index contributed by atoms with van der Waals surface area (Å²) in [6, 6.07) is 14.4. The number of carbonyl (C=O) groups is 4. The van der Waals surface area contributed by atoms with Gasteiger partial charge in [0.15, 0.2) is 18.1 Å². The third-order valence-corrected chi connectivity index (χ3v) is 6.27. The van der Waals surface area contributed by atoms with Crippen LogP contribution in [0, 0.1) is 20.8 Å². The molecule has 1 heterocycles. The average Bonchev–Trinajstić information content (AvgIpc) is 2.89. The zero-order chi connectivity index (χ0) is 28.3. The molecule has 1 aliphatic rings. The van der Waals surface area contributed by atoms with Crippen LogP contribution in [0.15, 0.2) is 60.2 Å². The van der Waals surface area contributed by atoms with E-state index in [1.807, 2.05) is 32.0 Å². The van der Waals surface area contributed by atoms with Gasteiger partial charge in [0.1, 0.15) is 5.57 Å². The van der Waals surface area contributed by atoms with Crippen molar-refractivity contribution in [2.45, 2.75) is 20.8 Å². The van der Waals surface area contributed by atoms with Gasteiger partial charge in [0, 0.05) is 10.7 Å². The van der Waals surface area contributed by atoms with Crippen LogP contribution in [0.2, 0.25) is 5.02 Å². The molecule has 1 fully saturated rings. The van der Waals surface area contributed by atoms with E-state index in [-0.39, 0.29) is 29.5 Å². The van der Waals surface area contributed by atoms with Gasteiger partial charge in [0.25, 0.3) is 17.7 Å². The number of benzene rings is 3. The Morgan fingerprint density at radius 3 is 2.46 bits per heavy atom. The fourth-order valence-electron chi connectivity index (χ4n) is 3.96. The monoisotopic (exact) mass is 547 g/mol. The number of rotatable bonds is 7. The minimum Gasteiger partial charge on any atom is -0.493 e. The van der Waals surface area contributed by atoms with E-state index in [2.05, 4.69) is 10.6 Å². The van der Waals surface area contributed by atoms with E-state index in [4.69, 9.17) is 21.1 Å². The fraction of sp³-hybridized carbons (Fsp3) is 0.172. The molecule has 0 saturated carbocycles. The number of barbiturate groups is 1. The smallest absolute Gasteiger partial charge is 0.335 e. The highest BCUT2D eigenvalue weighted by molar-refractivity contribution is 6.39. The highest BCUT2D eigenvalue weighted by Gasteiger charge is 2.37. The maximum atomic E-state index is 13.2.